The summed E-state index contributed by atoms with van der Waals surface area (Å²) >= 11 is 0. The molecule has 0 aromatic heterocycles. The fraction of sp³-hybridized carbons (Fsp3) is 0.556. The lowest BCUT2D eigenvalue weighted by Gasteiger charge is -2.41. The van der Waals surface area contributed by atoms with Crippen LogP contribution in [0.5, 0.6) is 0 Å². The summed E-state index contributed by atoms with van der Waals surface area (Å²) in [6, 6.07) is 2.02. The van der Waals surface area contributed by atoms with Crippen LogP contribution in [0.1, 0.15) is 34.6 Å². The SMILES string of the molecule is C=C(/C(=C\C=C(/C)C#N)C(=O)OC)N1CCNC(C)(C)C1.CC. The summed E-state index contributed by atoms with van der Waals surface area (Å²) < 4.78 is 4.82. The van der Waals surface area contributed by atoms with Crippen molar-refractivity contribution in [3.05, 3.63) is 35.6 Å². The predicted molar refractivity (Wildman–Crippen MR) is 93.6 cm³/mol. The number of ether oxygens (including phenoxy) is 1. The van der Waals surface area contributed by atoms with E-state index in [2.05, 4.69) is 30.6 Å². The maximum atomic E-state index is 12.0. The van der Waals surface area contributed by atoms with Crippen LogP contribution in [0, 0.1) is 11.3 Å². The third kappa shape index (κ3) is 6.70. The average molecular weight is 319 g/mol. The maximum Gasteiger partial charge on any atom is 0.339 e. The normalized spacial score (nSPS) is 17.5. The van der Waals surface area contributed by atoms with Gasteiger partial charge in [-0.2, -0.15) is 5.26 Å². The first-order valence-corrected chi connectivity index (χ1v) is 7.87. The molecule has 0 atom stereocenters. The van der Waals surface area contributed by atoms with E-state index in [1.807, 2.05) is 19.9 Å². The van der Waals surface area contributed by atoms with E-state index >= 15 is 0 Å². The molecule has 5 nitrogen and oxygen atoms in total. The summed E-state index contributed by atoms with van der Waals surface area (Å²) in [6.07, 6.45) is 3.20. The Morgan fingerprint density at radius 2 is 2.00 bits per heavy atom. The molecule has 0 unspecified atom stereocenters. The highest BCUT2D eigenvalue weighted by Gasteiger charge is 2.28. The van der Waals surface area contributed by atoms with Crippen LogP contribution in [0.25, 0.3) is 0 Å². The Bertz CT molecular complexity index is 525. The molecule has 1 heterocycles. The fourth-order valence-electron chi connectivity index (χ4n) is 2.18. The molecule has 1 aliphatic rings. The minimum absolute atomic E-state index is 0.0408. The van der Waals surface area contributed by atoms with Crippen LogP contribution < -0.4 is 5.32 Å². The number of carbonyl (C=O) groups excluding carboxylic acids is 1. The number of hydrogen-bond acceptors (Lipinski definition) is 5. The molecule has 0 aliphatic carbocycles. The van der Waals surface area contributed by atoms with Crippen molar-refractivity contribution in [2.45, 2.75) is 40.2 Å². The van der Waals surface area contributed by atoms with Crippen molar-refractivity contribution in [1.29, 1.82) is 5.26 Å². The quantitative estimate of drug-likeness (QED) is 0.373. The van der Waals surface area contributed by atoms with Crippen LogP contribution in [-0.2, 0) is 9.53 Å². The zero-order valence-electron chi connectivity index (χ0n) is 15.2. The number of rotatable bonds is 4. The number of allylic oxidation sites excluding steroid dienone is 3. The Balaban J connectivity index is 0.00000232. The monoisotopic (exact) mass is 319 g/mol. The van der Waals surface area contributed by atoms with Crippen molar-refractivity contribution < 1.29 is 9.53 Å². The standard InChI is InChI=1S/C16H23N3O2.C2H6/c1-12(10-17)6-7-14(15(20)21-5)13(2)19-9-8-18-16(3,4)11-19;1-2/h6-7,18H,2,8-9,11H2,1,3-5H3;1-2H3/b12-6+,14-7+;. The number of esters is 1. The van der Waals surface area contributed by atoms with Gasteiger partial charge in [0.1, 0.15) is 0 Å². The molecule has 0 radical (unpaired) electrons. The summed E-state index contributed by atoms with van der Waals surface area (Å²) in [5, 5.41) is 12.2. The lowest BCUT2D eigenvalue weighted by molar-refractivity contribution is -0.136. The summed E-state index contributed by atoms with van der Waals surface area (Å²) in [7, 11) is 1.34. The number of hydrogen-bond donors (Lipinski definition) is 1. The maximum absolute atomic E-state index is 12.0. The molecule has 128 valence electrons. The second kappa shape index (κ2) is 9.86. The Morgan fingerprint density at radius 1 is 1.39 bits per heavy atom. The number of methoxy groups -OCH3 is 1. The Hall–Kier alpha value is -2.06. The van der Waals surface area contributed by atoms with Crippen molar-refractivity contribution in [2.75, 3.05) is 26.7 Å². The van der Waals surface area contributed by atoms with Gasteiger partial charge in [0.25, 0.3) is 0 Å². The van der Waals surface area contributed by atoms with Crippen molar-refractivity contribution >= 4 is 5.97 Å². The number of nitrogens with zero attached hydrogens (tertiary/aromatic N) is 2. The Labute approximate surface area is 140 Å². The fourth-order valence-corrected chi connectivity index (χ4v) is 2.18. The van der Waals surface area contributed by atoms with Crippen molar-refractivity contribution in [2.24, 2.45) is 0 Å². The van der Waals surface area contributed by atoms with Gasteiger partial charge in [-0.05, 0) is 32.9 Å². The van der Waals surface area contributed by atoms with Crippen LogP contribution in [0.4, 0.5) is 0 Å². The second-order valence-electron chi connectivity index (χ2n) is 5.71. The van der Waals surface area contributed by atoms with Gasteiger partial charge in [0.15, 0.2) is 0 Å². The lowest BCUT2D eigenvalue weighted by Crippen LogP contribution is -2.56. The molecular formula is C18H29N3O2. The summed E-state index contributed by atoms with van der Waals surface area (Å²) in [5.41, 5.74) is 1.48. The number of carbonyl (C=O) groups is 1. The third-order valence-electron chi connectivity index (χ3n) is 3.35. The van der Waals surface area contributed by atoms with Crippen molar-refractivity contribution in [1.82, 2.24) is 10.2 Å². The molecule has 1 N–H and O–H groups in total. The molecule has 0 bridgehead atoms. The molecule has 5 heteroatoms. The van der Waals surface area contributed by atoms with E-state index < -0.39 is 5.97 Å². The van der Waals surface area contributed by atoms with E-state index in [9.17, 15) is 4.79 Å². The van der Waals surface area contributed by atoms with Gasteiger partial charge in [-0.3, -0.25) is 0 Å². The van der Waals surface area contributed by atoms with E-state index in [-0.39, 0.29) is 5.54 Å². The Morgan fingerprint density at radius 3 is 2.48 bits per heavy atom. The molecule has 1 saturated heterocycles. The molecule has 0 spiro atoms. The van der Waals surface area contributed by atoms with Crippen LogP contribution >= 0.6 is 0 Å². The van der Waals surface area contributed by atoms with Crippen LogP contribution in [0.3, 0.4) is 0 Å². The van der Waals surface area contributed by atoms with E-state index in [0.29, 0.717) is 16.8 Å². The number of nitriles is 1. The topological polar surface area (TPSA) is 65.4 Å². The minimum atomic E-state index is -0.446. The predicted octanol–water partition coefficient (Wildman–Crippen LogP) is 2.78. The molecule has 1 rings (SSSR count). The minimum Gasteiger partial charge on any atom is -0.465 e. The molecule has 23 heavy (non-hydrogen) atoms. The van der Waals surface area contributed by atoms with Gasteiger partial charge in [-0.25, -0.2) is 4.79 Å². The number of nitrogens with one attached hydrogen (secondary N) is 1. The first-order valence-electron chi connectivity index (χ1n) is 7.87. The van der Waals surface area contributed by atoms with Gasteiger partial charge in [0.05, 0.1) is 18.8 Å². The van der Waals surface area contributed by atoms with Gasteiger partial charge < -0.3 is 15.0 Å². The third-order valence-corrected chi connectivity index (χ3v) is 3.35. The first kappa shape index (κ1) is 20.9. The Kier molecular flexibility index (Phi) is 8.97. The zero-order chi connectivity index (χ0) is 18.0. The van der Waals surface area contributed by atoms with Gasteiger partial charge in [0, 0.05) is 36.4 Å². The zero-order valence-corrected chi connectivity index (χ0v) is 15.2. The lowest BCUT2D eigenvalue weighted by atomic mass is 10.0. The van der Waals surface area contributed by atoms with Crippen molar-refractivity contribution in [3.8, 4) is 6.07 Å². The van der Waals surface area contributed by atoms with Gasteiger partial charge in [-0.1, -0.05) is 20.4 Å². The van der Waals surface area contributed by atoms with E-state index in [1.54, 1.807) is 19.1 Å². The number of piperazine rings is 1. The molecule has 0 aromatic carbocycles. The van der Waals surface area contributed by atoms with Crippen molar-refractivity contribution in [3.63, 3.8) is 0 Å². The van der Waals surface area contributed by atoms with Crippen LogP contribution in [0.15, 0.2) is 35.6 Å². The molecule has 1 aliphatic heterocycles. The van der Waals surface area contributed by atoms with Crippen LogP contribution in [-0.4, -0.2) is 43.2 Å². The van der Waals surface area contributed by atoms with E-state index in [0.717, 1.165) is 19.6 Å². The molecule has 0 aromatic rings. The van der Waals surface area contributed by atoms with E-state index in [4.69, 9.17) is 10.00 Å². The molecule has 0 saturated carbocycles. The summed E-state index contributed by atoms with van der Waals surface area (Å²) in [4.78, 5) is 14.0. The second-order valence-corrected chi connectivity index (χ2v) is 5.71. The van der Waals surface area contributed by atoms with Gasteiger partial charge in [0.2, 0.25) is 0 Å². The van der Waals surface area contributed by atoms with Crippen LogP contribution in [0.2, 0.25) is 0 Å². The first-order chi connectivity index (χ1) is 10.8. The molecule has 0 amide bonds. The summed E-state index contributed by atoms with van der Waals surface area (Å²) in [6.45, 7) is 16.3. The highest BCUT2D eigenvalue weighted by Crippen LogP contribution is 2.20. The largest absolute Gasteiger partial charge is 0.465 e. The molecular weight excluding hydrogens is 290 g/mol. The smallest absolute Gasteiger partial charge is 0.339 e. The van der Waals surface area contributed by atoms with E-state index in [1.165, 1.54) is 7.11 Å². The molecule has 1 fully saturated rings. The average Bonchev–Trinajstić information content (AvgIpc) is 2.55. The highest BCUT2D eigenvalue weighted by molar-refractivity contribution is 5.93. The summed E-state index contributed by atoms with van der Waals surface area (Å²) in [5.74, 6) is -0.446. The van der Waals surface area contributed by atoms with Gasteiger partial charge >= 0.3 is 5.97 Å². The highest BCUT2D eigenvalue weighted by atomic mass is 16.5. The van der Waals surface area contributed by atoms with Gasteiger partial charge in [-0.15, -0.1) is 0 Å².